The molecule has 1 unspecified atom stereocenters. The zero-order valence-electron chi connectivity index (χ0n) is 15.7. The van der Waals surface area contributed by atoms with Gasteiger partial charge in [-0.05, 0) is 43.5 Å². The quantitative estimate of drug-likeness (QED) is 0.657. The summed E-state index contributed by atoms with van der Waals surface area (Å²) in [5.41, 5.74) is 3.20. The van der Waals surface area contributed by atoms with E-state index >= 15 is 0 Å². The maximum atomic E-state index is 10.6. The molecule has 4 rings (SSSR count). The molecule has 0 bridgehead atoms. The lowest BCUT2D eigenvalue weighted by molar-refractivity contribution is 0.0921. The Morgan fingerprint density at radius 1 is 1.11 bits per heavy atom. The minimum absolute atomic E-state index is 0. The molecule has 1 aliphatic rings. The third kappa shape index (κ3) is 4.28. The number of aliphatic hydroxyl groups is 1. The topological polar surface area (TPSA) is 47.3 Å². The summed E-state index contributed by atoms with van der Waals surface area (Å²) >= 11 is 0. The molecule has 5 heteroatoms. The molecule has 2 aromatic carbocycles. The number of para-hydroxylation sites is 3. The highest BCUT2D eigenvalue weighted by atomic mass is 35.5. The van der Waals surface area contributed by atoms with Crippen LogP contribution in [0.3, 0.4) is 0 Å². The Balaban J connectivity index is 0.00000210. The highest BCUT2D eigenvalue weighted by Gasteiger charge is 2.24. The summed E-state index contributed by atoms with van der Waals surface area (Å²) in [4.78, 5) is 4.89. The number of benzene rings is 2. The Morgan fingerprint density at radius 2 is 1.81 bits per heavy atom. The molecule has 0 saturated heterocycles. The van der Waals surface area contributed by atoms with Crippen LogP contribution in [0.5, 0.6) is 5.75 Å². The number of aryl methyl sites for hydroxylation is 1. The number of nitrogens with zero attached hydrogens (tertiary/aromatic N) is 2. The van der Waals surface area contributed by atoms with Crippen molar-refractivity contribution < 1.29 is 9.84 Å². The van der Waals surface area contributed by atoms with E-state index in [4.69, 9.17) is 9.72 Å². The number of aliphatic hydroxyl groups excluding tert-OH is 1. The summed E-state index contributed by atoms with van der Waals surface area (Å²) in [6, 6.07) is 16.1. The first kappa shape index (κ1) is 19.7. The molecule has 1 atom stereocenters. The maximum absolute atomic E-state index is 10.6. The molecular formula is C22H27ClN2O2. The van der Waals surface area contributed by atoms with Crippen molar-refractivity contribution in [3.63, 3.8) is 0 Å². The molecule has 1 aliphatic carbocycles. The van der Waals surface area contributed by atoms with Gasteiger partial charge in [0, 0.05) is 5.92 Å². The van der Waals surface area contributed by atoms with Gasteiger partial charge in [-0.25, -0.2) is 4.98 Å². The highest BCUT2D eigenvalue weighted by Crippen LogP contribution is 2.35. The van der Waals surface area contributed by atoms with Crippen molar-refractivity contribution in [2.24, 2.45) is 0 Å². The van der Waals surface area contributed by atoms with Gasteiger partial charge >= 0.3 is 0 Å². The summed E-state index contributed by atoms with van der Waals surface area (Å²) in [5, 5.41) is 10.6. The first-order chi connectivity index (χ1) is 12.7. The number of aromatic nitrogens is 2. The molecule has 1 aromatic heterocycles. The largest absolute Gasteiger partial charge is 0.491 e. The summed E-state index contributed by atoms with van der Waals surface area (Å²) in [6.07, 6.45) is 4.35. The highest BCUT2D eigenvalue weighted by molar-refractivity contribution is 5.85. The van der Waals surface area contributed by atoms with E-state index in [1.54, 1.807) is 0 Å². The van der Waals surface area contributed by atoms with E-state index in [0.29, 0.717) is 12.5 Å². The van der Waals surface area contributed by atoms with Gasteiger partial charge < -0.3 is 14.4 Å². The number of halogens is 1. The first-order valence-electron chi connectivity index (χ1n) is 9.54. The molecule has 4 nitrogen and oxygen atoms in total. The first-order valence-corrected chi connectivity index (χ1v) is 9.54. The average molecular weight is 387 g/mol. The molecule has 144 valence electrons. The number of fused-ring (bicyclic) bond motifs is 1. The molecule has 0 amide bonds. The van der Waals surface area contributed by atoms with Gasteiger partial charge in [-0.1, -0.05) is 43.2 Å². The second-order valence-corrected chi connectivity index (χ2v) is 7.28. The van der Waals surface area contributed by atoms with Gasteiger partial charge in [0.1, 0.15) is 24.3 Å². The Morgan fingerprint density at radius 3 is 2.59 bits per heavy atom. The Bertz CT molecular complexity index is 887. The van der Waals surface area contributed by atoms with Crippen LogP contribution in [0.1, 0.15) is 43.0 Å². The zero-order chi connectivity index (χ0) is 17.9. The molecule has 0 radical (unpaired) electrons. The summed E-state index contributed by atoms with van der Waals surface area (Å²) < 4.78 is 8.05. The molecular weight excluding hydrogens is 360 g/mol. The van der Waals surface area contributed by atoms with Crippen LogP contribution in [0.15, 0.2) is 48.5 Å². The van der Waals surface area contributed by atoms with Crippen molar-refractivity contribution in [1.82, 2.24) is 9.55 Å². The number of rotatable bonds is 6. The standard InChI is InChI=1S/C22H26N2O2.ClH/c1-16-8-2-7-13-21(16)26-15-18(25)14-24-20-12-6-5-11-19(20)23-22(24)17-9-3-4-10-17;/h2,5-8,11-13,17-18,25H,3-4,9-10,14-15H2,1H3;1H. The molecule has 1 saturated carbocycles. The van der Waals surface area contributed by atoms with Crippen molar-refractivity contribution in [3.8, 4) is 5.75 Å². The van der Waals surface area contributed by atoms with Crippen LogP contribution in [-0.2, 0) is 6.54 Å². The van der Waals surface area contributed by atoms with Crippen molar-refractivity contribution in [3.05, 3.63) is 59.9 Å². The predicted molar refractivity (Wildman–Crippen MR) is 111 cm³/mol. The lowest BCUT2D eigenvalue weighted by Gasteiger charge is -2.18. The summed E-state index contributed by atoms with van der Waals surface area (Å²) in [5.74, 6) is 2.46. The molecule has 0 spiro atoms. The van der Waals surface area contributed by atoms with Gasteiger partial charge in [-0.3, -0.25) is 0 Å². The Hall–Kier alpha value is -2.04. The van der Waals surface area contributed by atoms with Crippen LogP contribution in [0, 0.1) is 6.92 Å². The van der Waals surface area contributed by atoms with Crippen LogP contribution in [0.4, 0.5) is 0 Å². The third-order valence-corrected chi connectivity index (χ3v) is 5.32. The van der Waals surface area contributed by atoms with Crippen LogP contribution in [0.25, 0.3) is 11.0 Å². The second kappa shape index (κ2) is 8.77. The van der Waals surface area contributed by atoms with Gasteiger partial charge in [0.05, 0.1) is 17.6 Å². The molecule has 3 aromatic rings. The lowest BCUT2D eigenvalue weighted by Crippen LogP contribution is -2.25. The van der Waals surface area contributed by atoms with Crippen LogP contribution in [-0.4, -0.2) is 27.4 Å². The van der Waals surface area contributed by atoms with Crippen LogP contribution < -0.4 is 4.74 Å². The third-order valence-electron chi connectivity index (χ3n) is 5.32. The summed E-state index contributed by atoms with van der Waals surface area (Å²) in [7, 11) is 0. The number of hydrogen-bond acceptors (Lipinski definition) is 3. The van der Waals surface area contributed by atoms with E-state index < -0.39 is 6.10 Å². The summed E-state index contributed by atoms with van der Waals surface area (Å²) in [6.45, 7) is 2.81. The van der Waals surface area contributed by atoms with Gasteiger partial charge in [0.2, 0.25) is 0 Å². The molecule has 0 aliphatic heterocycles. The van der Waals surface area contributed by atoms with E-state index in [0.717, 1.165) is 28.2 Å². The van der Waals surface area contributed by atoms with E-state index in [1.807, 2.05) is 43.3 Å². The SMILES string of the molecule is Cc1ccccc1OCC(O)Cn1c(C2CCCC2)nc2ccccc21.Cl. The van der Waals surface area contributed by atoms with E-state index in [2.05, 4.69) is 16.7 Å². The van der Waals surface area contributed by atoms with Gasteiger partial charge in [0.25, 0.3) is 0 Å². The van der Waals surface area contributed by atoms with E-state index in [1.165, 1.54) is 25.7 Å². The van der Waals surface area contributed by atoms with Crippen molar-refractivity contribution in [2.75, 3.05) is 6.61 Å². The van der Waals surface area contributed by atoms with Crippen molar-refractivity contribution >= 4 is 23.4 Å². The predicted octanol–water partition coefficient (Wildman–Crippen LogP) is 4.86. The minimum atomic E-state index is -0.577. The van der Waals surface area contributed by atoms with Crippen LogP contribution in [0.2, 0.25) is 0 Å². The minimum Gasteiger partial charge on any atom is -0.491 e. The number of hydrogen-bond donors (Lipinski definition) is 1. The zero-order valence-corrected chi connectivity index (χ0v) is 16.5. The monoisotopic (exact) mass is 386 g/mol. The fourth-order valence-corrected chi connectivity index (χ4v) is 3.95. The fourth-order valence-electron chi connectivity index (χ4n) is 3.95. The van der Waals surface area contributed by atoms with Crippen LogP contribution >= 0.6 is 12.4 Å². The molecule has 27 heavy (non-hydrogen) atoms. The molecule has 1 fully saturated rings. The Kier molecular flexibility index (Phi) is 6.40. The fraction of sp³-hybridized carbons (Fsp3) is 0.409. The normalized spacial score (nSPS) is 15.6. The van der Waals surface area contributed by atoms with E-state index in [9.17, 15) is 5.11 Å². The van der Waals surface area contributed by atoms with Gasteiger partial charge in [0.15, 0.2) is 0 Å². The maximum Gasteiger partial charge on any atom is 0.122 e. The Labute approximate surface area is 166 Å². The average Bonchev–Trinajstić information content (AvgIpc) is 3.29. The van der Waals surface area contributed by atoms with Crippen molar-refractivity contribution in [2.45, 2.75) is 51.2 Å². The molecule has 1 N–H and O–H groups in total. The number of imidazole rings is 1. The van der Waals surface area contributed by atoms with E-state index in [-0.39, 0.29) is 19.0 Å². The number of ether oxygens (including phenoxy) is 1. The smallest absolute Gasteiger partial charge is 0.122 e. The second-order valence-electron chi connectivity index (χ2n) is 7.28. The van der Waals surface area contributed by atoms with Gasteiger partial charge in [-0.15, -0.1) is 12.4 Å². The molecule has 1 heterocycles. The lowest BCUT2D eigenvalue weighted by atomic mass is 10.1. The van der Waals surface area contributed by atoms with Gasteiger partial charge in [-0.2, -0.15) is 0 Å². The van der Waals surface area contributed by atoms with Crippen molar-refractivity contribution in [1.29, 1.82) is 0 Å².